The van der Waals surface area contributed by atoms with Crippen LogP contribution >= 0.6 is 0 Å². The number of carbonyl (C=O) groups excluding carboxylic acids is 3. The zero-order chi connectivity index (χ0) is 27.3. The Kier molecular flexibility index (Phi) is 13.7. The average Bonchev–Trinajstić information content (AvgIpc) is 2.82. The lowest BCUT2D eigenvalue weighted by molar-refractivity contribution is -0.142. The maximum atomic E-state index is 13.2. The average molecular weight is 508 g/mol. The van der Waals surface area contributed by atoms with Crippen molar-refractivity contribution in [2.45, 2.75) is 83.1 Å². The lowest BCUT2D eigenvalue weighted by Gasteiger charge is -2.26. The normalized spacial score (nSPS) is 15.3. The first kappa shape index (κ1) is 31.0. The molecule has 5 atom stereocenters. The Labute approximate surface area is 212 Å². The Bertz CT molecular complexity index is 849. The van der Waals surface area contributed by atoms with Gasteiger partial charge in [0.25, 0.3) is 0 Å². The van der Waals surface area contributed by atoms with Gasteiger partial charge in [0.15, 0.2) is 0 Å². The van der Waals surface area contributed by atoms with Crippen LogP contribution in [0.5, 0.6) is 0 Å². The SMILES string of the molecule is CC(C)CC(NC(=O)C(N)C(C)O)C(=O)NC(Cc1ccccc1)C(=O)NC(CCCCN)C(=O)O. The predicted molar refractivity (Wildman–Crippen MR) is 136 cm³/mol. The van der Waals surface area contributed by atoms with Gasteiger partial charge >= 0.3 is 5.97 Å². The van der Waals surface area contributed by atoms with E-state index in [0.717, 1.165) is 5.56 Å². The van der Waals surface area contributed by atoms with Crippen LogP contribution in [0.1, 0.15) is 52.0 Å². The summed E-state index contributed by atoms with van der Waals surface area (Å²) in [6.45, 7) is 5.52. The van der Waals surface area contributed by atoms with E-state index in [0.29, 0.717) is 19.4 Å². The molecule has 11 nitrogen and oxygen atoms in total. The second-order valence-corrected chi connectivity index (χ2v) is 9.39. The van der Waals surface area contributed by atoms with Gasteiger partial charge in [-0.3, -0.25) is 14.4 Å². The Morgan fingerprint density at radius 3 is 1.94 bits per heavy atom. The summed E-state index contributed by atoms with van der Waals surface area (Å²) in [5.74, 6) is -3.12. The Balaban J connectivity index is 3.10. The topological polar surface area (TPSA) is 197 Å². The highest BCUT2D eigenvalue weighted by atomic mass is 16.4. The van der Waals surface area contributed by atoms with E-state index in [9.17, 15) is 29.4 Å². The largest absolute Gasteiger partial charge is 0.480 e. The number of amides is 3. The number of carbonyl (C=O) groups is 4. The number of hydrogen-bond acceptors (Lipinski definition) is 7. The summed E-state index contributed by atoms with van der Waals surface area (Å²) in [6, 6.07) is 4.52. The minimum absolute atomic E-state index is 0.0177. The standard InChI is InChI=1S/C25H41N5O6/c1-15(2)13-19(30-24(34)21(27)16(3)31)22(32)29-20(14-17-9-5-4-6-10-17)23(33)28-18(25(35)36)11-7-8-12-26/h4-6,9-10,15-16,18-21,31H,7-8,11-14,26-27H2,1-3H3,(H,28,33)(H,29,32)(H,30,34)(H,35,36). The van der Waals surface area contributed by atoms with Crippen molar-refractivity contribution in [3.05, 3.63) is 35.9 Å². The van der Waals surface area contributed by atoms with Crippen LogP contribution in [0.25, 0.3) is 0 Å². The molecule has 202 valence electrons. The van der Waals surface area contributed by atoms with E-state index in [2.05, 4.69) is 16.0 Å². The second kappa shape index (κ2) is 15.9. The Morgan fingerprint density at radius 2 is 1.42 bits per heavy atom. The molecule has 0 fully saturated rings. The van der Waals surface area contributed by atoms with E-state index >= 15 is 0 Å². The molecule has 1 aromatic carbocycles. The fraction of sp³-hybridized carbons (Fsp3) is 0.600. The maximum Gasteiger partial charge on any atom is 0.326 e. The van der Waals surface area contributed by atoms with Gasteiger partial charge in [-0.15, -0.1) is 0 Å². The van der Waals surface area contributed by atoms with Crippen molar-refractivity contribution in [1.29, 1.82) is 0 Å². The summed E-state index contributed by atoms with van der Waals surface area (Å²) in [7, 11) is 0. The first-order chi connectivity index (χ1) is 17.0. The summed E-state index contributed by atoms with van der Waals surface area (Å²) in [5, 5.41) is 26.9. The van der Waals surface area contributed by atoms with Gasteiger partial charge in [-0.25, -0.2) is 4.79 Å². The van der Waals surface area contributed by atoms with Crippen LogP contribution in [0.15, 0.2) is 30.3 Å². The van der Waals surface area contributed by atoms with E-state index in [1.54, 1.807) is 24.3 Å². The monoisotopic (exact) mass is 507 g/mol. The molecule has 0 aliphatic rings. The van der Waals surface area contributed by atoms with Crippen LogP contribution in [0.3, 0.4) is 0 Å². The highest BCUT2D eigenvalue weighted by molar-refractivity contribution is 5.94. The number of nitrogens with one attached hydrogen (secondary N) is 3. The number of nitrogens with two attached hydrogens (primary N) is 2. The van der Waals surface area contributed by atoms with Gasteiger partial charge in [0.1, 0.15) is 24.2 Å². The van der Waals surface area contributed by atoms with E-state index in [4.69, 9.17) is 11.5 Å². The molecule has 1 aromatic rings. The zero-order valence-electron chi connectivity index (χ0n) is 21.3. The zero-order valence-corrected chi connectivity index (χ0v) is 21.3. The van der Waals surface area contributed by atoms with Crippen molar-refractivity contribution in [3.63, 3.8) is 0 Å². The van der Waals surface area contributed by atoms with Gasteiger partial charge in [-0.05, 0) is 50.6 Å². The Hall–Kier alpha value is -3.02. The molecule has 36 heavy (non-hydrogen) atoms. The first-order valence-electron chi connectivity index (χ1n) is 12.3. The minimum Gasteiger partial charge on any atom is -0.480 e. The number of hydrogen-bond donors (Lipinski definition) is 7. The molecule has 0 spiro atoms. The van der Waals surface area contributed by atoms with E-state index in [-0.39, 0.29) is 25.2 Å². The molecule has 0 saturated carbocycles. The molecule has 1 rings (SSSR count). The van der Waals surface area contributed by atoms with Gasteiger partial charge in [0.05, 0.1) is 6.10 Å². The molecule has 0 radical (unpaired) electrons. The fourth-order valence-corrected chi connectivity index (χ4v) is 3.54. The lowest BCUT2D eigenvalue weighted by atomic mass is 10.00. The Morgan fingerprint density at radius 1 is 0.861 bits per heavy atom. The molecule has 5 unspecified atom stereocenters. The predicted octanol–water partition coefficient (Wildman–Crippen LogP) is -0.349. The van der Waals surface area contributed by atoms with Gasteiger partial charge < -0.3 is 37.6 Å². The second-order valence-electron chi connectivity index (χ2n) is 9.39. The quantitative estimate of drug-likeness (QED) is 0.147. The molecule has 0 aromatic heterocycles. The van der Waals surface area contributed by atoms with E-state index in [1.165, 1.54) is 6.92 Å². The highest BCUT2D eigenvalue weighted by Gasteiger charge is 2.31. The van der Waals surface area contributed by atoms with Crippen molar-refractivity contribution < 1.29 is 29.4 Å². The summed E-state index contributed by atoms with van der Waals surface area (Å²) in [5.41, 5.74) is 11.9. The summed E-state index contributed by atoms with van der Waals surface area (Å²) >= 11 is 0. The third-order valence-electron chi connectivity index (χ3n) is 5.64. The van der Waals surface area contributed by atoms with Crippen LogP contribution in [0, 0.1) is 5.92 Å². The number of aliphatic hydroxyl groups excluding tert-OH is 1. The van der Waals surface area contributed by atoms with Gasteiger partial charge in [-0.2, -0.15) is 0 Å². The third kappa shape index (κ3) is 11.1. The van der Waals surface area contributed by atoms with Crippen molar-refractivity contribution in [3.8, 4) is 0 Å². The van der Waals surface area contributed by atoms with Gasteiger partial charge in [0, 0.05) is 6.42 Å². The molecular weight excluding hydrogens is 466 g/mol. The molecule has 0 aliphatic heterocycles. The van der Waals surface area contributed by atoms with Gasteiger partial charge in [0.2, 0.25) is 17.7 Å². The molecule has 11 heteroatoms. The van der Waals surface area contributed by atoms with Gasteiger partial charge in [-0.1, -0.05) is 44.2 Å². The maximum absolute atomic E-state index is 13.2. The van der Waals surface area contributed by atoms with Crippen LogP contribution < -0.4 is 27.4 Å². The number of carboxylic acids is 1. The molecular formula is C25H41N5O6. The number of carboxylic acid groups (broad SMARTS) is 1. The van der Waals surface area contributed by atoms with Crippen LogP contribution in [-0.2, 0) is 25.6 Å². The summed E-state index contributed by atoms with van der Waals surface area (Å²) < 4.78 is 0. The summed E-state index contributed by atoms with van der Waals surface area (Å²) in [4.78, 5) is 50.4. The van der Waals surface area contributed by atoms with Crippen molar-refractivity contribution >= 4 is 23.7 Å². The number of aliphatic hydroxyl groups is 1. The fourth-order valence-electron chi connectivity index (χ4n) is 3.54. The lowest BCUT2D eigenvalue weighted by Crippen LogP contribution is -2.58. The summed E-state index contributed by atoms with van der Waals surface area (Å²) in [6.07, 6.45) is 0.610. The minimum atomic E-state index is -1.22. The smallest absolute Gasteiger partial charge is 0.326 e. The van der Waals surface area contributed by atoms with Crippen molar-refractivity contribution in [2.75, 3.05) is 6.54 Å². The van der Waals surface area contributed by atoms with E-state index < -0.39 is 54.0 Å². The highest BCUT2D eigenvalue weighted by Crippen LogP contribution is 2.10. The van der Waals surface area contributed by atoms with Crippen LogP contribution in [-0.4, -0.2) is 70.7 Å². The first-order valence-corrected chi connectivity index (χ1v) is 12.3. The number of unbranched alkanes of at least 4 members (excludes halogenated alkanes) is 1. The number of aliphatic carboxylic acids is 1. The third-order valence-corrected chi connectivity index (χ3v) is 5.64. The number of rotatable bonds is 16. The van der Waals surface area contributed by atoms with Crippen molar-refractivity contribution in [1.82, 2.24) is 16.0 Å². The van der Waals surface area contributed by atoms with Crippen LogP contribution in [0.4, 0.5) is 0 Å². The van der Waals surface area contributed by atoms with Crippen molar-refractivity contribution in [2.24, 2.45) is 17.4 Å². The number of benzene rings is 1. The molecule has 3 amide bonds. The molecule has 0 bridgehead atoms. The molecule has 0 saturated heterocycles. The van der Waals surface area contributed by atoms with E-state index in [1.807, 2.05) is 19.9 Å². The van der Waals surface area contributed by atoms with Crippen LogP contribution in [0.2, 0.25) is 0 Å². The molecule has 0 heterocycles. The molecule has 9 N–H and O–H groups in total. The molecule has 0 aliphatic carbocycles.